The van der Waals surface area contributed by atoms with E-state index in [0.717, 1.165) is 5.56 Å². The molecule has 0 saturated heterocycles. The van der Waals surface area contributed by atoms with Crippen molar-refractivity contribution in [2.24, 2.45) is 0 Å². The normalized spacial score (nSPS) is 10.7. The van der Waals surface area contributed by atoms with Crippen LogP contribution in [0.25, 0.3) is 0 Å². The van der Waals surface area contributed by atoms with Crippen LogP contribution in [0.2, 0.25) is 0 Å². The van der Waals surface area contributed by atoms with Gasteiger partial charge in [-0.05, 0) is 34.9 Å². The summed E-state index contributed by atoms with van der Waals surface area (Å²) >= 11 is 0. The van der Waals surface area contributed by atoms with Crippen LogP contribution in [0.1, 0.15) is 5.56 Å². The maximum atomic E-state index is 10.3. The van der Waals surface area contributed by atoms with E-state index in [1.807, 2.05) is 12.1 Å². The van der Waals surface area contributed by atoms with Gasteiger partial charge >= 0.3 is 29.6 Å². The largest absolute Gasteiger partial charge is 1.00 e. The minimum atomic E-state index is -4.16. The molecular formula is C8H10NNaO3S2. The summed E-state index contributed by atoms with van der Waals surface area (Å²) in [4.78, 5) is 0. The first kappa shape index (κ1) is 15.3. The van der Waals surface area contributed by atoms with Gasteiger partial charge in [0.25, 0.3) is 0 Å². The topological polar surface area (TPSA) is 83.2 Å². The first-order valence-electron chi connectivity index (χ1n) is 3.92. The van der Waals surface area contributed by atoms with Crippen LogP contribution < -0.4 is 35.3 Å². The molecule has 15 heavy (non-hydrogen) atoms. The summed E-state index contributed by atoms with van der Waals surface area (Å²) in [6, 6.07) is 7.11. The second kappa shape index (κ2) is 6.78. The molecule has 0 saturated carbocycles. The number of nitrogen functional groups attached to an aromatic ring is 1. The molecule has 0 aromatic heterocycles. The molecule has 0 amide bonds. The Kier molecular flexibility index (Phi) is 6.90. The molecule has 0 aliphatic rings. The van der Waals surface area contributed by atoms with E-state index in [2.05, 4.69) is 0 Å². The zero-order valence-electron chi connectivity index (χ0n) is 8.34. The van der Waals surface area contributed by atoms with Crippen LogP contribution in [-0.2, 0) is 15.6 Å². The van der Waals surface area contributed by atoms with E-state index in [4.69, 9.17) is 5.73 Å². The predicted octanol–water partition coefficient (Wildman–Crippen LogP) is -1.99. The Morgan fingerprint density at radius 2 is 1.80 bits per heavy atom. The zero-order chi connectivity index (χ0) is 10.6. The van der Waals surface area contributed by atoms with Gasteiger partial charge in [-0.2, -0.15) is 0 Å². The molecule has 0 unspecified atom stereocenters. The summed E-state index contributed by atoms with van der Waals surface area (Å²) in [6.45, 7) is 0. The van der Waals surface area contributed by atoms with Crippen molar-refractivity contribution in [3.63, 3.8) is 0 Å². The van der Waals surface area contributed by atoms with Crippen molar-refractivity contribution in [3.8, 4) is 0 Å². The Morgan fingerprint density at radius 1 is 1.27 bits per heavy atom. The number of hydrogen-bond donors (Lipinski definition) is 1. The van der Waals surface area contributed by atoms with E-state index in [9.17, 15) is 13.0 Å². The summed E-state index contributed by atoms with van der Waals surface area (Å²) < 4.78 is 30.8. The average molecular weight is 255 g/mol. The first-order valence-corrected chi connectivity index (χ1v) is 6.83. The van der Waals surface area contributed by atoms with Gasteiger partial charge in [0.2, 0.25) is 0 Å². The Balaban J connectivity index is 0.00000196. The third kappa shape index (κ3) is 7.21. The number of aryl methyl sites for hydroxylation is 1. The first-order chi connectivity index (χ1) is 6.47. The molecular weight excluding hydrogens is 245 g/mol. The molecule has 78 valence electrons. The van der Waals surface area contributed by atoms with E-state index < -0.39 is 9.15 Å². The molecule has 0 fully saturated rings. The fraction of sp³-hybridized carbons (Fsp3) is 0.250. The SMILES string of the molecule is Nc1ccc(CCSS(=O)(=O)[O-])cc1.[Na+]. The fourth-order valence-electron chi connectivity index (χ4n) is 0.946. The summed E-state index contributed by atoms with van der Waals surface area (Å²) in [5.74, 6) is 0.274. The number of hydrogen-bond acceptors (Lipinski definition) is 5. The maximum Gasteiger partial charge on any atom is 1.00 e. The maximum absolute atomic E-state index is 10.3. The zero-order valence-corrected chi connectivity index (χ0v) is 12.0. The molecule has 1 aromatic rings. The van der Waals surface area contributed by atoms with Gasteiger partial charge in [0.1, 0.15) is 9.15 Å². The molecule has 0 spiro atoms. The van der Waals surface area contributed by atoms with Crippen LogP contribution >= 0.6 is 10.8 Å². The standard InChI is InChI=1S/C8H11NO3S2.Na/c9-8-3-1-7(2-4-8)5-6-13-14(10,11)12;/h1-4H,5-6,9H2,(H,10,11,12);/q;+1/p-1. The van der Waals surface area contributed by atoms with Gasteiger partial charge in [-0.1, -0.05) is 12.1 Å². The van der Waals surface area contributed by atoms with E-state index in [1.54, 1.807) is 12.1 Å². The van der Waals surface area contributed by atoms with E-state index >= 15 is 0 Å². The summed E-state index contributed by atoms with van der Waals surface area (Å²) in [5, 5.41) is 0. The van der Waals surface area contributed by atoms with Gasteiger partial charge in [0, 0.05) is 11.4 Å². The van der Waals surface area contributed by atoms with Crippen molar-refractivity contribution < 1.29 is 42.5 Å². The molecule has 2 N–H and O–H groups in total. The van der Waals surface area contributed by atoms with Gasteiger partial charge in [0.15, 0.2) is 0 Å². The van der Waals surface area contributed by atoms with E-state index in [0.29, 0.717) is 22.9 Å². The molecule has 0 aliphatic heterocycles. The summed E-state index contributed by atoms with van der Waals surface area (Å²) in [7, 11) is -3.74. The van der Waals surface area contributed by atoms with Crippen molar-refractivity contribution in [1.82, 2.24) is 0 Å². The van der Waals surface area contributed by atoms with Crippen molar-refractivity contribution in [1.29, 1.82) is 0 Å². The second-order valence-electron chi connectivity index (χ2n) is 2.72. The average Bonchev–Trinajstić information content (AvgIpc) is 2.06. The molecule has 1 aromatic carbocycles. The van der Waals surface area contributed by atoms with E-state index in [1.165, 1.54) is 0 Å². The van der Waals surface area contributed by atoms with Crippen LogP contribution in [0.5, 0.6) is 0 Å². The van der Waals surface area contributed by atoms with Gasteiger partial charge in [-0.3, -0.25) is 0 Å². The molecule has 0 aliphatic carbocycles. The Bertz CT molecular complexity index is 391. The van der Waals surface area contributed by atoms with Gasteiger partial charge < -0.3 is 10.3 Å². The smallest absolute Gasteiger partial charge is 0.739 e. The van der Waals surface area contributed by atoms with Gasteiger partial charge in [-0.25, -0.2) is 8.42 Å². The van der Waals surface area contributed by atoms with Crippen LogP contribution in [0, 0.1) is 0 Å². The number of anilines is 1. The molecule has 0 bridgehead atoms. The van der Waals surface area contributed by atoms with Crippen molar-refractivity contribution in [3.05, 3.63) is 29.8 Å². The predicted molar refractivity (Wildman–Crippen MR) is 56.7 cm³/mol. The van der Waals surface area contributed by atoms with Gasteiger partial charge in [0.05, 0.1) is 0 Å². The third-order valence-corrected chi connectivity index (χ3v) is 3.62. The molecule has 1 rings (SSSR count). The number of benzene rings is 1. The molecule has 0 atom stereocenters. The second-order valence-corrected chi connectivity index (χ2v) is 6.11. The van der Waals surface area contributed by atoms with E-state index in [-0.39, 0.29) is 35.3 Å². The summed E-state index contributed by atoms with van der Waals surface area (Å²) in [5.41, 5.74) is 7.11. The monoisotopic (exact) mass is 255 g/mol. The van der Waals surface area contributed by atoms with Crippen molar-refractivity contribution in [2.45, 2.75) is 6.42 Å². The Hall–Kier alpha value is 0.280. The Morgan fingerprint density at radius 3 is 2.27 bits per heavy atom. The minimum absolute atomic E-state index is 0. The van der Waals surface area contributed by atoms with Gasteiger partial charge in [-0.15, -0.1) is 0 Å². The van der Waals surface area contributed by atoms with Crippen LogP contribution in [0.4, 0.5) is 5.69 Å². The Labute approximate surface area is 115 Å². The molecule has 0 heterocycles. The minimum Gasteiger partial charge on any atom is -0.739 e. The number of nitrogens with two attached hydrogens (primary N) is 1. The summed E-state index contributed by atoms with van der Waals surface area (Å²) in [6.07, 6.45) is 0.548. The van der Waals surface area contributed by atoms with Crippen LogP contribution in [0.15, 0.2) is 24.3 Å². The van der Waals surface area contributed by atoms with Crippen LogP contribution in [0.3, 0.4) is 0 Å². The molecule has 0 radical (unpaired) electrons. The van der Waals surface area contributed by atoms with Crippen LogP contribution in [-0.4, -0.2) is 18.7 Å². The van der Waals surface area contributed by atoms with Crippen molar-refractivity contribution in [2.75, 3.05) is 11.5 Å². The molecule has 7 heteroatoms. The quantitative estimate of drug-likeness (QED) is 0.291. The van der Waals surface area contributed by atoms with Crippen molar-refractivity contribution >= 4 is 25.6 Å². The fourth-order valence-corrected chi connectivity index (χ4v) is 2.33. The third-order valence-electron chi connectivity index (χ3n) is 1.60. The number of rotatable bonds is 4. The molecule has 4 nitrogen and oxygen atoms in total.